The lowest BCUT2D eigenvalue weighted by Gasteiger charge is -2.09. The number of hydrogen-bond acceptors (Lipinski definition) is 6. The van der Waals surface area contributed by atoms with Crippen LogP contribution in [0.15, 0.2) is 54.7 Å². The first-order chi connectivity index (χ1) is 13.1. The van der Waals surface area contributed by atoms with Gasteiger partial charge in [-0.1, -0.05) is 12.1 Å². The van der Waals surface area contributed by atoms with Crippen molar-refractivity contribution in [2.75, 3.05) is 5.32 Å². The molecule has 0 atom stereocenters. The third kappa shape index (κ3) is 3.52. The summed E-state index contributed by atoms with van der Waals surface area (Å²) in [6.07, 6.45) is 1.55. The molecule has 7 nitrogen and oxygen atoms in total. The van der Waals surface area contributed by atoms with E-state index in [2.05, 4.69) is 30.2 Å². The number of imidazole rings is 1. The van der Waals surface area contributed by atoms with Crippen LogP contribution in [0.25, 0.3) is 16.9 Å². The summed E-state index contributed by atoms with van der Waals surface area (Å²) in [5.41, 5.74) is 2.38. The average molecular weight is 368 g/mol. The zero-order valence-electron chi connectivity index (χ0n) is 14.2. The lowest BCUT2D eigenvalue weighted by Crippen LogP contribution is -2.06. The van der Waals surface area contributed by atoms with Crippen molar-refractivity contribution < 1.29 is 13.5 Å². The van der Waals surface area contributed by atoms with Gasteiger partial charge in [-0.2, -0.15) is 18.9 Å². The van der Waals surface area contributed by atoms with Crippen molar-refractivity contribution in [1.29, 1.82) is 0 Å². The van der Waals surface area contributed by atoms with Crippen LogP contribution < -0.4 is 10.1 Å². The van der Waals surface area contributed by atoms with Crippen molar-refractivity contribution in [2.24, 2.45) is 0 Å². The minimum atomic E-state index is -2.86. The highest BCUT2D eigenvalue weighted by molar-refractivity contribution is 5.77. The number of fused-ring (bicyclic) bond motifs is 1. The first-order valence-corrected chi connectivity index (χ1v) is 8.06. The second-order valence-corrected chi connectivity index (χ2v) is 5.65. The van der Waals surface area contributed by atoms with E-state index in [0.29, 0.717) is 11.5 Å². The topological polar surface area (TPSA) is 77.8 Å². The number of nitrogens with zero attached hydrogens (tertiary/aromatic N) is 5. The number of aryl methyl sites for hydroxylation is 1. The number of nitrogens with one attached hydrogen (secondary N) is 1. The van der Waals surface area contributed by atoms with Crippen LogP contribution in [-0.2, 0) is 0 Å². The molecule has 9 heteroatoms. The maximum absolute atomic E-state index is 12.2. The molecule has 0 amide bonds. The summed E-state index contributed by atoms with van der Waals surface area (Å²) in [6.45, 7) is -0.974. The van der Waals surface area contributed by atoms with Crippen molar-refractivity contribution in [3.05, 3.63) is 60.6 Å². The Morgan fingerprint density at radius 1 is 1.04 bits per heavy atom. The average Bonchev–Trinajstić information content (AvgIpc) is 2.99. The van der Waals surface area contributed by atoms with Crippen molar-refractivity contribution in [2.45, 2.75) is 13.5 Å². The van der Waals surface area contributed by atoms with E-state index in [1.165, 1.54) is 12.1 Å². The van der Waals surface area contributed by atoms with Crippen LogP contribution in [0.5, 0.6) is 5.75 Å². The second-order valence-electron chi connectivity index (χ2n) is 5.65. The molecule has 136 valence electrons. The molecular formula is C18H14F2N6O. The molecule has 4 rings (SSSR count). The van der Waals surface area contributed by atoms with Gasteiger partial charge in [0.2, 0.25) is 5.95 Å². The van der Waals surface area contributed by atoms with Gasteiger partial charge in [0.05, 0.1) is 17.2 Å². The molecular weight excluding hydrogens is 354 g/mol. The number of para-hydroxylation sites is 2. The highest BCUT2D eigenvalue weighted by Gasteiger charge is 2.11. The number of ether oxygens (including phenoxy) is 1. The number of benzene rings is 2. The molecule has 4 aromatic rings. The zero-order chi connectivity index (χ0) is 18.8. The van der Waals surface area contributed by atoms with Crippen LogP contribution in [0, 0.1) is 6.92 Å². The van der Waals surface area contributed by atoms with Crippen molar-refractivity contribution in [3.63, 3.8) is 0 Å². The molecule has 0 aliphatic rings. The summed E-state index contributed by atoms with van der Waals surface area (Å²) in [7, 11) is 0. The van der Waals surface area contributed by atoms with Gasteiger partial charge in [-0.05, 0) is 43.3 Å². The molecule has 27 heavy (non-hydrogen) atoms. The molecule has 0 bridgehead atoms. The Labute approximate surface area is 152 Å². The smallest absolute Gasteiger partial charge is 0.387 e. The van der Waals surface area contributed by atoms with Crippen molar-refractivity contribution >= 4 is 22.7 Å². The first-order valence-electron chi connectivity index (χ1n) is 8.06. The predicted octanol–water partition coefficient (Wildman–Crippen LogP) is 3.86. The summed E-state index contributed by atoms with van der Waals surface area (Å²) in [5, 5.41) is 11.0. The Bertz CT molecular complexity index is 1080. The summed E-state index contributed by atoms with van der Waals surface area (Å²) in [5.74, 6) is 1.68. The third-order valence-electron chi connectivity index (χ3n) is 3.84. The van der Waals surface area contributed by atoms with E-state index in [1.807, 2.05) is 35.8 Å². The molecule has 2 heterocycles. The van der Waals surface area contributed by atoms with Crippen LogP contribution >= 0.6 is 0 Å². The minimum absolute atomic E-state index is 0.0730. The summed E-state index contributed by atoms with van der Waals surface area (Å²) >= 11 is 0. The van der Waals surface area contributed by atoms with E-state index >= 15 is 0 Å². The molecule has 2 aromatic heterocycles. The van der Waals surface area contributed by atoms with Gasteiger partial charge >= 0.3 is 6.61 Å². The van der Waals surface area contributed by atoms with Gasteiger partial charge in [-0.15, -0.1) is 5.10 Å². The number of rotatable bonds is 5. The maximum Gasteiger partial charge on any atom is 0.387 e. The van der Waals surface area contributed by atoms with Crippen LogP contribution in [0.3, 0.4) is 0 Å². The number of anilines is 2. The van der Waals surface area contributed by atoms with Gasteiger partial charge in [0.25, 0.3) is 0 Å². The van der Waals surface area contributed by atoms with Crippen LogP contribution in [0.1, 0.15) is 5.82 Å². The summed E-state index contributed by atoms with van der Waals surface area (Å²) in [4.78, 5) is 8.99. The molecule has 0 saturated heterocycles. The lowest BCUT2D eigenvalue weighted by atomic mass is 10.3. The largest absolute Gasteiger partial charge is 0.435 e. The van der Waals surface area contributed by atoms with Gasteiger partial charge in [0.15, 0.2) is 5.82 Å². The van der Waals surface area contributed by atoms with Gasteiger partial charge < -0.3 is 10.1 Å². The van der Waals surface area contributed by atoms with Gasteiger partial charge in [0.1, 0.15) is 11.6 Å². The molecule has 0 aliphatic heterocycles. The fourth-order valence-electron chi connectivity index (χ4n) is 2.74. The van der Waals surface area contributed by atoms with E-state index < -0.39 is 6.61 Å². The van der Waals surface area contributed by atoms with E-state index in [0.717, 1.165) is 16.9 Å². The van der Waals surface area contributed by atoms with E-state index in [4.69, 9.17) is 0 Å². The number of halogens is 2. The molecule has 0 radical (unpaired) electrons. The number of hydrogen-bond donors (Lipinski definition) is 1. The minimum Gasteiger partial charge on any atom is -0.435 e. The normalized spacial score (nSPS) is 11.1. The lowest BCUT2D eigenvalue weighted by molar-refractivity contribution is -0.0498. The number of alkyl halides is 2. The van der Waals surface area contributed by atoms with Gasteiger partial charge in [0, 0.05) is 5.69 Å². The second kappa shape index (κ2) is 6.94. The van der Waals surface area contributed by atoms with Crippen LogP contribution in [0.2, 0.25) is 0 Å². The third-order valence-corrected chi connectivity index (χ3v) is 3.84. The molecule has 2 aromatic carbocycles. The Balaban J connectivity index is 1.62. The highest BCUT2D eigenvalue weighted by atomic mass is 19.3. The monoisotopic (exact) mass is 368 g/mol. The van der Waals surface area contributed by atoms with Gasteiger partial charge in [-0.25, -0.2) is 4.98 Å². The van der Waals surface area contributed by atoms with E-state index in [1.54, 1.807) is 18.3 Å². The fraction of sp³-hybridized carbons (Fsp3) is 0.111. The van der Waals surface area contributed by atoms with Gasteiger partial charge in [-0.3, -0.25) is 4.57 Å². The molecule has 0 unspecified atom stereocenters. The quantitative estimate of drug-likeness (QED) is 0.576. The van der Waals surface area contributed by atoms with Crippen molar-refractivity contribution in [1.82, 2.24) is 24.7 Å². The maximum atomic E-state index is 12.2. The molecule has 0 aliphatic carbocycles. The summed E-state index contributed by atoms with van der Waals surface area (Å²) < 4.78 is 30.6. The standard InChI is InChI=1S/C18H14F2N6O/c1-11-22-14-4-2-3-5-15(14)26(11)16-10-21-25-18(24-16)23-12-6-8-13(9-7-12)27-17(19)20/h2-10,17H,1H3,(H,23,24,25). The van der Waals surface area contributed by atoms with E-state index in [9.17, 15) is 8.78 Å². The predicted molar refractivity (Wildman–Crippen MR) is 95.5 cm³/mol. The molecule has 0 saturated carbocycles. The fourth-order valence-corrected chi connectivity index (χ4v) is 2.74. The SMILES string of the molecule is Cc1nc2ccccc2n1-c1cnnc(Nc2ccc(OC(F)F)cc2)n1. The molecule has 1 N–H and O–H groups in total. The van der Waals surface area contributed by atoms with Crippen LogP contribution in [-0.4, -0.2) is 31.3 Å². The van der Waals surface area contributed by atoms with Crippen molar-refractivity contribution in [3.8, 4) is 11.6 Å². The Morgan fingerprint density at radius 2 is 1.81 bits per heavy atom. The highest BCUT2D eigenvalue weighted by Crippen LogP contribution is 2.22. The molecule has 0 fully saturated rings. The van der Waals surface area contributed by atoms with Crippen LogP contribution in [0.4, 0.5) is 20.4 Å². The zero-order valence-corrected chi connectivity index (χ0v) is 14.2. The molecule has 0 spiro atoms. The number of aromatic nitrogens is 5. The Morgan fingerprint density at radius 3 is 2.59 bits per heavy atom. The first kappa shape index (κ1) is 16.8. The Hall–Kier alpha value is -3.62. The Kier molecular flexibility index (Phi) is 4.33. The summed E-state index contributed by atoms with van der Waals surface area (Å²) in [6, 6.07) is 13.8. The van der Waals surface area contributed by atoms with E-state index in [-0.39, 0.29) is 11.7 Å².